The van der Waals surface area contributed by atoms with E-state index in [9.17, 15) is 14.4 Å². The number of pyridine rings is 1. The summed E-state index contributed by atoms with van der Waals surface area (Å²) >= 11 is 0. The first kappa shape index (κ1) is 28.5. The molecule has 11 heteroatoms. The van der Waals surface area contributed by atoms with Gasteiger partial charge in [-0.3, -0.25) is 14.0 Å². The Balaban J connectivity index is 1.24. The van der Waals surface area contributed by atoms with E-state index >= 15 is 0 Å². The number of piperidine rings is 1. The molecule has 1 saturated carbocycles. The minimum atomic E-state index is -0.544. The molecule has 3 aromatic heterocycles. The second kappa shape index (κ2) is 11.8. The van der Waals surface area contributed by atoms with Gasteiger partial charge in [-0.15, -0.1) is 5.10 Å². The fourth-order valence-corrected chi connectivity index (χ4v) is 5.31. The molecule has 218 valence electrons. The van der Waals surface area contributed by atoms with Crippen molar-refractivity contribution in [2.45, 2.75) is 77.5 Å². The number of nitrogens with zero attached hydrogens (tertiary/aromatic N) is 6. The second-order valence-corrected chi connectivity index (χ2v) is 12.1. The van der Waals surface area contributed by atoms with Crippen LogP contribution in [0.4, 0.5) is 10.6 Å². The van der Waals surface area contributed by atoms with Crippen LogP contribution in [0.15, 0.2) is 47.4 Å². The zero-order valence-corrected chi connectivity index (χ0v) is 24.2. The Morgan fingerprint density at radius 1 is 1.12 bits per heavy atom. The maximum absolute atomic E-state index is 13.2. The molecule has 3 aromatic rings. The van der Waals surface area contributed by atoms with Crippen molar-refractivity contribution >= 4 is 23.5 Å². The molecule has 2 amide bonds. The maximum Gasteiger partial charge on any atom is 0.410 e. The van der Waals surface area contributed by atoms with Crippen molar-refractivity contribution in [2.75, 3.05) is 24.5 Å². The van der Waals surface area contributed by atoms with Crippen LogP contribution in [0, 0.1) is 5.92 Å². The Hall–Kier alpha value is -4.02. The smallest absolute Gasteiger partial charge is 0.410 e. The number of rotatable bonds is 7. The number of anilines is 1. The van der Waals surface area contributed by atoms with Crippen LogP contribution in [-0.4, -0.2) is 67.8 Å². The third kappa shape index (κ3) is 6.83. The van der Waals surface area contributed by atoms with E-state index in [1.54, 1.807) is 24.4 Å². The number of hydrogen-bond acceptors (Lipinski definition) is 8. The van der Waals surface area contributed by atoms with Gasteiger partial charge >= 0.3 is 6.09 Å². The molecule has 41 heavy (non-hydrogen) atoms. The van der Waals surface area contributed by atoms with E-state index in [0.29, 0.717) is 23.8 Å². The highest BCUT2D eigenvalue weighted by Gasteiger charge is 2.35. The number of fused-ring (bicyclic) bond motifs is 1. The van der Waals surface area contributed by atoms with E-state index in [4.69, 9.17) is 4.74 Å². The molecule has 0 radical (unpaired) electrons. The highest BCUT2D eigenvalue weighted by atomic mass is 16.6. The number of amides is 2. The third-order valence-electron chi connectivity index (χ3n) is 7.73. The van der Waals surface area contributed by atoms with Gasteiger partial charge in [-0.2, -0.15) is 5.10 Å². The molecular formula is C30H39N7O4. The summed E-state index contributed by atoms with van der Waals surface area (Å²) in [5.74, 6) is 0.811. The van der Waals surface area contributed by atoms with Crippen molar-refractivity contribution < 1.29 is 14.3 Å². The van der Waals surface area contributed by atoms with Gasteiger partial charge in [0, 0.05) is 31.9 Å². The lowest BCUT2D eigenvalue weighted by atomic mass is 9.84. The van der Waals surface area contributed by atoms with Crippen molar-refractivity contribution in [2.24, 2.45) is 5.92 Å². The summed E-state index contributed by atoms with van der Waals surface area (Å²) in [5.41, 5.74) is 0.175. The minimum absolute atomic E-state index is 0.0393. The summed E-state index contributed by atoms with van der Waals surface area (Å²) in [6, 6.07) is 9.74. The lowest BCUT2D eigenvalue weighted by Gasteiger charge is -2.42. The molecule has 0 spiro atoms. The van der Waals surface area contributed by atoms with E-state index in [1.807, 2.05) is 44.7 Å². The van der Waals surface area contributed by atoms with Crippen LogP contribution >= 0.6 is 0 Å². The molecule has 2 aliphatic rings. The van der Waals surface area contributed by atoms with Crippen LogP contribution in [0.3, 0.4) is 0 Å². The van der Waals surface area contributed by atoms with Gasteiger partial charge in [0.25, 0.3) is 11.5 Å². The van der Waals surface area contributed by atoms with Crippen LogP contribution in [-0.2, 0) is 4.74 Å². The minimum Gasteiger partial charge on any atom is -0.444 e. The molecular weight excluding hydrogens is 522 g/mol. The first-order chi connectivity index (χ1) is 19.6. The van der Waals surface area contributed by atoms with Gasteiger partial charge in [0.15, 0.2) is 5.82 Å². The van der Waals surface area contributed by atoms with Crippen LogP contribution in [0.25, 0.3) is 5.65 Å². The molecule has 1 unspecified atom stereocenters. The first-order valence-corrected chi connectivity index (χ1v) is 14.4. The van der Waals surface area contributed by atoms with Crippen molar-refractivity contribution in [1.82, 2.24) is 29.8 Å². The highest BCUT2D eigenvalue weighted by Crippen LogP contribution is 2.30. The number of ether oxygens (including phenoxy) is 1. The largest absolute Gasteiger partial charge is 0.444 e. The van der Waals surface area contributed by atoms with Gasteiger partial charge in [0.2, 0.25) is 0 Å². The van der Waals surface area contributed by atoms with E-state index in [-0.39, 0.29) is 23.4 Å². The van der Waals surface area contributed by atoms with Gasteiger partial charge in [-0.05, 0) is 83.6 Å². The molecule has 0 aromatic carbocycles. The number of carbonyl (C=O) groups excluding carboxylic acids is 2. The average Bonchev–Trinajstić information content (AvgIpc) is 2.91. The summed E-state index contributed by atoms with van der Waals surface area (Å²) in [6.07, 6.45) is 6.76. The van der Waals surface area contributed by atoms with Gasteiger partial charge in [-0.25, -0.2) is 9.78 Å². The molecule has 4 heterocycles. The Morgan fingerprint density at radius 3 is 2.61 bits per heavy atom. The summed E-state index contributed by atoms with van der Waals surface area (Å²) < 4.78 is 7.16. The van der Waals surface area contributed by atoms with Crippen molar-refractivity contribution in [3.8, 4) is 0 Å². The number of aromatic nitrogens is 4. The summed E-state index contributed by atoms with van der Waals surface area (Å²) in [7, 11) is 0. The Kier molecular flexibility index (Phi) is 8.23. The molecule has 1 N–H and O–H groups in total. The van der Waals surface area contributed by atoms with E-state index < -0.39 is 17.6 Å². The molecule has 2 atom stereocenters. The number of nitrogens with one attached hydrogen (secondary N) is 1. The van der Waals surface area contributed by atoms with Gasteiger partial charge < -0.3 is 19.9 Å². The van der Waals surface area contributed by atoms with Gasteiger partial charge in [0.05, 0.1) is 17.8 Å². The quantitative estimate of drug-likeness (QED) is 0.460. The summed E-state index contributed by atoms with van der Waals surface area (Å²) in [4.78, 5) is 46.8. The van der Waals surface area contributed by atoms with E-state index in [1.165, 1.54) is 16.9 Å². The molecule has 1 aliphatic heterocycles. The normalized spacial score (nSPS) is 18.4. The Bertz CT molecular complexity index is 1450. The molecule has 2 fully saturated rings. The molecule has 5 rings (SSSR count). The summed E-state index contributed by atoms with van der Waals surface area (Å²) in [6.45, 7) is 9.73. The number of carbonyl (C=O) groups is 2. The third-order valence-corrected chi connectivity index (χ3v) is 7.73. The average molecular weight is 562 g/mol. The molecule has 1 aliphatic carbocycles. The topological polar surface area (TPSA) is 122 Å². The van der Waals surface area contributed by atoms with Gasteiger partial charge in [-0.1, -0.05) is 12.5 Å². The van der Waals surface area contributed by atoms with E-state index in [0.717, 1.165) is 44.6 Å². The van der Waals surface area contributed by atoms with Crippen molar-refractivity contribution in [3.63, 3.8) is 0 Å². The lowest BCUT2D eigenvalue weighted by Crippen LogP contribution is -2.53. The molecule has 1 saturated heterocycles. The van der Waals surface area contributed by atoms with E-state index in [2.05, 4.69) is 25.4 Å². The van der Waals surface area contributed by atoms with Crippen LogP contribution in [0.2, 0.25) is 0 Å². The molecule has 0 bridgehead atoms. The highest BCUT2D eigenvalue weighted by molar-refractivity contribution is 5.92. The standard InChI is InChI=1S/C30H39N7O4/c1-20(31-28(39)24-17-27(38)36-16-6-5-12-25(36)32-24)23-13-14-26(34-33-23)35-15-8-11-22(19-35)37(18-21-9-7-10-21)29(40)41-30(2,3)4/h5-6,12-14,16-17,20-22H,7-11,15,18-19H2,1-4H3,(H,31,39)/t20?,22-/m1/s1. The fourth-order valence-electron chi connectivity index (χ4n) is 5.31. The fraction of sp³-hybridized carbons (Fsp3) is 0.533. The second-order valence-electron chi connectivity index (χ2n) is 12.1. The first-order valence-electron chi connectivity index (χ1n) is 14.4. The van der Waals surface area contributed by atoms with Crippen LogP contribution in [0.1, 0.15) is 82.0 Å². The van der Waals surface area contributed by atoms with Crippen molar-refractivity contribution in [3.05, 3.63) is 64.3 Å². The predicted molar refractivity (Wildman–Crippen MR) is 155 cm³/mol. The monoisotopic (exact) mass is 561 g/mol. The van der Waals surface area contributed by atoms with Crippen molar-refractivity contribution in [1.29, 1.82) is 0 Å². The van der Waals surface area contributed by atoms with Crippen LogP contribution in [0.5, 0.6) is 0 Å². The summed E-state index contributed by atoms with van der Waals surface area (Å²) in [5, 5.41) is 11.7. The zero-order valence-electron chi connectivity index (χ0n) is 24.2. The maximum atomic E-state index is 13.2. The predicted octanol–water partition coefficient (Wildman–Crippen LogP) is 3.98. The Labute approximate surface area is 239 Å². The Morgan fingerprint density at radius 2 is 1.93 bits per heavy atom. The SMILES string of the molecule is CC(NC(=O)c1cc(=O)n2ccccc2n1)c1ccc(N2CCC[C@@H](N(CC3CCC3)C(=O)OC(C)(C)C)C2)nn1. The van der Waals surface area contributed by atoms with Crippen LogP contribution < -0.4 is 15.8 Å². The zero-order chi connectivity index (χ0) is 29.1. The number of hydrogen-bond donors (Lipinski definition) is 1. The lowest BCUT2D eigenvalue weighted by molar-refractivity contribution is 0.00732. The van der Waals surface area contributed by atoms with Gasteiger partial charge in [0.1, 0.15) is 16.9 Å². The molecule has 11 nitrogen and oxygen atoms in total.